The monoisotopic (exact) mass is 392 g/mol. The van der Waals surface area contributed by atoms with E-state index in [0.717, 1.165) is 17.7 Å². The third kappa shape index (κ3) is 2.00. The van der Waals surface area contributed by atoms with Crippen LogP contribution in [0.25, 0.3) is 0 Å². The first-order valence-corrected chi connectivity index (χ1v) is 9.95. The van der Waals surface area contributed by atoms with Crippen molar-refractivity contribution in [2.24, 2.45) is 34.7 Å². The van der Waals surface area contributed by atoms with Crippen molar-refractivity contribution < 1.29 is 14.4 Å². The second-order valence-corrected chi connectivity index (χ2v) is 8.48. The number of para-hydroxylation sites is 1. The van der Waals surface area contributed by atoms with Crippen LogP contribution >= 0.6 is 11.6 Å². The van der Waals surface area contributed by atoms with Crippen molar-refractivity contribution in [3.63, 3.8) is 0 Å². The van der Waals surface area contributed by atoms with Gasteiger partial charge in [0.05, 0.1) is 23.2 Å². The molecule has 2 aromatic carbocycles. The highest BCUT2D eigenvalue weighted by Crippen LogP contribution is 2.62. The standard InChI is InChI=1S/C22H17ClN2O3/c23-12-8-6-11(7-9-12)19-18-14-10-15(20(18)28-24-19)17-16(14)21(26)25(22(17)27)13-4-2-1-3-5-13/h1-9,14-18,20H,10H2/t14-,15+,16-,17+,18+,20-/m1/s1. The summed E-state index contributed by atoms with van der Waals surface area (Å²) < 4.78 is 0. The molecule has 2 bridgehead atoms. The van der Waals surface area contributed by atoms with E-state index in [-0.39, 0.29) is 47.5 Å². The molecule has 0 spiro atoms. The number of nitrogens with zero attached hydrogens (tertiary/aromatic N) is 2. The SMILES string of the molecule is O=C1[C@@H]2[C@H]3C[C@H]([C@H]4ON=C(c5ccc(Cl)cc5)[C@H]34)[C@@H]2C(=O)N1c1ccccc1. The molecule has 2 amide bonds. The Morgan fingerprint density at radius 3 is 2.29 bits per heavy atom. The van der Waals surface area contributed by atoms with Gasteiger partial charge in [-0.1, -0.05) is 47.1 Å². The van der Waals surface area contributed by atoms with Crippen LogP contribution in [0.2, 0.25) is 5.02 Å². The normalized spacial score (nSPS) is 35.0. The van der Waals surface area contributed by atoms with Gasteiger partial charge in [-0.15, -0.1) is 0 Å². The first-order chi connectivity index (χ1) is 13.6. The van der Waals surface area contributed by atoms with Crippen molar-refractivity contribution in [2.45, 2.75) is 12.5 Å². The maximum Gasteiger partial charge on any atom is 0.238 e. The highest BCUT2D eigenvalue weighted by atomic mass is 35.5. The second kappa shape index (κ2) is 5.67. The molecule has 6 atom stereocenters. The lowest BCUT2D eigenvalue weighted by atomic mass is 9.71. The molecule has 0 unspecified atom stereocenters. The van der Waals surface area contributed by atoms with Crippen LogP contribution in [-0.2, 0) is 14.4 Å². The molecule has 2 aliphatic heterocycles. The minimum Gasteiger partial charge on any atom is -0.391 e. The first kappa shape index (κ1) is 16.3. The van der Waals surface area contributed by atoms with Crippen molar-refractivity contribution in [1.29, 1.82) is 0 Å². The van der Waals surface area contributed by atoms with Gasteiger partial charge in [-0.05, 0) is 42.2 Å². The number of hydrogen-bond donors (Lipinski definition) is 0. The Bertz CT molecular complexity index is 1020. The molecule has 0 N–H and O–H groups in total. The van der Waals surface area contributed by atoms with Crippen molar-refractivity contribution in [3.8, 4) is 0 Å². The van der Waals surface area contributed by atoms with E-state index in [4.69, 9.17) is 16.4 Å². The van der Waals surface area contributed by atoms with E-state index in [1.807, 2.05) is 54.6 Å². The van der Waals surface area contributed by atoms with Crippen LogP contribution in [0.4, 0.5) is 5.69 Å². The lowest BCUT2D eigenvalue weighted by molar-refractivity contribution is -0.125. The molecular weight excluding hydrogens is 376 g/mol. The highest BCUT2D eigenvalue weighted by molar-refractivity contribution is 6.30. The zero-order chi connectivity index (χ0) is 19.0. The summed E-state index contributed by atoms with van der Waals surface area (Å²) in [7, 11) is 0. The first-order valence-electron chi connectivity index (χ1n) is 9.57. The predicted molar refractivity (Wildman–Crippen MR) is 104 cm³/mol. The largest absolute Gasteiger partial charge is 0.391 e. The van der Waals surface area contributed by atoms with Crippen molar-refractivity contribution in [1.82, 2.24) is 0 Å². The van der Waals surface area contributed by atoms with Gasteiger partial charge in [-0.3, -0.25) is 14.5 Å². The summed E-state index contributed by atoms with van der Waals surface area (Å²) in [5.41, 5.74) is 2.51. The van der Waals surface area contributed by atoms with Gasteiger partial charge in [0, 0.05) is 16.9 Å². The average Bonchev–Trinajstić information content (AvgIpc) is 3.44. The summed E-state index contributed by atoms with van der Waals surface area (Å²) in [6.07, 6.45) is 0.724. The van der Waals surface area contributed by atoms with E-state index in [1.54, 1.807) is 0 Å². The molecular formula is C22H17ClN2O3. The second-order valence-electron chi connectivity index (χ2n) is 8.04. The molecule has 140 valence electrons. The number of benzene rings is 2. The topological polar surface area (TPSA) is 59.0 Å². The summed E-state index contributed by atoms with van der Waals surface area (Å²) in [6.45, 7) is 0. The van der Waals surface area contributed by atoms with Gasteiger partial charge in [-0.2, -0.15) is 0 Å². The Balaban J connectivity index is 1.36. The van der Waals surface area contributed by atoms with Crippen LogP contribution in [0.1, 0.15) is 12.0 Å². The molecule has 2 aromatic rings. The number of oxime groups is 1. The number of imide groups is 1. The quantitative estimate of drug-likeness (QED) is 0.735. The number of halogens is 1. The Labute approximate surface area is 166 Å². The lowest BCUT2D eigenvalue weighted by Crippen LogP contribution is -2.41. The third-order valence-electron chi connectivity index (χ3n) is 6.84. The van der Waals surface area contributed by atoms with Gasteiger partial charge >= 0.3 is 0 Å². The van der Waals surface area contributed by atoms with Crippen LogP contribution < -0.4 is 4.90 Å². The zero-order valence-electron chi connectivity index (χ0n) is 14.9. The van der Waals surface area contributed by atoms with Gasteiger partial charge < -0.3 is 4.84 Å². The van der Waals surface area contributed by atoms with Crippen LogP contribution in [0.15, 0.2) is 59.8 Å². The van der Waals surface area contributed by atoms with Crippen LogP contribution in [0.5, 0.6) is 0 Å². The molecule has 3 fully saturated rings. The number of carbonyl (C=O) groups is 2. The molecule has 0 aromatic heterocycles. The number of amides is 2. The Morgan fingerprint density at radius 1 is 0.893 bits per heavy atom. The molecule has 6 heteroatoms. The van der Waals surface area contributed by atoms with Gasteiger partial charge in [-0.25, -0.2) is 0 Å². The van der Waals surface area contributed by atoms with E-state index >= 15 is 0 Å². The van der Waals surface area contributed by atoms with Gasteiger partial charge in [0.25, 0.3) is 0 Å². The summed E-state index contributed by atoms with van der Waals surface area (Å²) in [5.74, 6) is -0.553. The summed E-state index contributed by atoms with van der Waals surface area (Å²) >= 11 is 6.02. The van der Waals surface area contributed by atoms with Gasteiger partial charge in [0.2, 0.25) is 11.8 Å². The maximum absolute atomic E-state index is 13.3. The van der Waals surface area contributed by atoms with Gasteiger partial charge in [0.1, 0.15) is 6.10 Å². The van der Waals surface area contributed by atoms with Crippen LogP contribution in [0, 0.1) is 29.6 Å². The molecule has 0 radical (unpaired) electrons. The number of rotatable bonds is 2. The van der Waals surface area contributed by atoms with Crippen molar-refractivity contribution in [2.75, 3.05) is 4.90 Å². The van der Waals surface area contributed by atoms with Crippen LogP contribution in [-0.4, -0.2) is 23.6 Å². The smallest absolute Gasteiger partial charge is 0.238 e. The Kier molecular flexibility index (Phi) is 3.30. The van der Waals surface area contributed by atoms with Gasteiger partial charge in [0.15, 0.2) is 0 Å². The van der Waals surface area contributed by atoms with E-state index in [1.165, 1.54) is 4.90 Å². The molecule has 2 heterocycles. The van der Waals surface area contributed by atoms with E-state index < -0.39 is 0 Å². The lowest BCUT2D eigenvalue weighted by Gasteiger charge is -2.29. The average molecular weight is 393 g/mol. The molecule has 5 nitrogen and oxygen atoms in total. The van der Waals surface area contributed by atoms with Crippen molar-refractivity contribution in [3.05, 3.63) is 65.2 Å². The minimum absolute atomic E-state index is 0.0405. The molecule has 28 heavy (non-hydrogen) atoms. The number of hydrogen-bond acceptors (Lipinski definition) is 4. The fourth-order valence-electron chi connectivity index (χ4n) is 5.82. The zero-order valence-corrected chi connectivity index (χ0v) is 15.6. The van der Waals surface area contributed by atoms with E-state index in [2.05, 4.69) is 5.16 Å². The number of carbonyl (C=O) groups excluding carboxylic acids is 2. The molecule has 1 saturated heterocycles. The number of anilines is 1. The van der Waals surface area contributed by atoms with Crippen LogP contribution in [0.3, 0.4) is 0 Å². The minimum atomic E-state index is -0.293. The fourth-order valence-corrected chi connectivity index (χ4v) is 5.94. The summed E-state index contributed by atoms with van der Waals surface area (Å²) in [6, 6.07) is 16.8. The van der Waals surface area contributed by atoms with E-state index in [0.29, 0.717) is 10.7 Å². The molecule has 4 aliphatic rings. The molecule has 6 rings (SSSR count). The Hall–Kier alpha value is -2.66. The predicted octanol–water partition coefficient (Wildman–Crippen LogP) is 3.51. The third-order valence-corrected chi connectivity index (χ3v) is 7.10. The molecule has 2 aliphatic carbocycles. The highest BCUT2D eigenvalue weighted by Gasteiger charge is 2.70. The Morgan fingerprint density at radius 2 is 1.57 bits per heavy atom. The summed E-state index contributed by atoms with van der Waals surface area (Å²) in [4.78, 5) is 33.6. The fraction of sp³-hybridized carbons (Fsp3) is 0.318. The number of fused-ring (bicyclic) bond motifs is 8. The summed E-state index contributed by atoms with van der Waals surface area (Å²) in [5, 5.41) is 5.02. The van der Waals surface area contributed by atoms with Crippen molar-refractivity contribution >= 4 is 34.8 Å². The maximum atomic E-state index is 13.3. The van der Waals surface area contributed by atoms with E-state index in [9.17, 15) is 9.59 Å². The molecule has 2 saturated carbocycles.